The van der Waals surface area contributed by atoms with Crippen LogP contribution >= 0.6 is 11.8 Å². The molecule has 26 heavy (non-hydrogen) atoms. The summed E-state index contributed by atoms with van der Waals surface area (Å²) in [4.78, 5) is 43.4. The number of thioether (sulfide) groups is 1. The van der Waals surface area contributed by atoms with Crippen molar-refractivity contribution in [3.8, 4) is 0 Å². The van der Waals surface area contributed by atoms with Gasteiger partial charge in [-0.05, 0) is 11.6 Å². The van der Waals surface area contributed by atoms with E-state index in [4.69, 9.17) is 4.42 Å². The van der Waals surface area contributed by atoms with E-state index in [1.807, 2.05) is 0 Å². The Morgan fingerprint density at radius 1 is 1.58 bits per heavy atom. The van der Waals surface area contributed by atoms with Crippen LogP contribution in [0.4, 0.5) is 5.88 Å². The number of nitrogens with zero attached hydrogens (tertiary/aromatic N) is 3. The Morgan fingerprint density at radius 3 is 2.92 bits per heavy atom. The van der Waals surface area contributed by atoms with Gasteiger partial charge < -0.3 is 19.5 Å². The minimum atomic E-state index is -1.30. The van der Waals surface area contributed by atoms with Crippen molar-refractivity contribution in [2.24, 2.45) is 5.16 Å². The van der Waals surface area contributed by atoms with Gasteiger partial charge in [-0.25, -0.2) is 4.79 Å². The lowest BCUT2D eigenvalue weighted by Crippen LogP contribution is -2.71. The van der Waals surface area contributed by atoms with E-state index in [2.05, 4.69) is 9.99 Å². The van der Waals surface area contributed by atoms with E-state index >= 15 is 0 Å². The van der Waals surface area contributed by atoms with Crippen LogP contribution < -0.4 is 4.90 Å². The number of aliphatic hydroxyl groups is 1. The number of fused-ring (bicyclic) bond motifs is 1. The highest BCUT2D eigenvalue weighted by Gasteiger charge is 2.57. The molecule has 1 saturated heterocycles. The van der Waals surface area contributed by atoms with Crippen molar-refractivity contribution in [1.29, 1.82) is 0 Å². The first kappa shape index (κ1) is 18.0. The second-order valence-corrected chi connectivity index (χ2v) is 6.45. The lowest BCUT2D eigenvalue weighted by Gasteiger charge is -2.51. The molecule has 1 aromatic heterocycles. The van der Waals surface area contributed by atoms with E-state index < -0.39 is 35.8 Å². The van der Waals surface area contributed by atoms with Crippen LogP contribution in [0, 0.1) is 0 Å². The molecule has 2 atom stereocenters. The molecule has 1 aromatic rings. The number of carboxylic acid groups (broad SMARTS) is 1. The van der Waals surface area contributed by atoms with E-state index in [9.17, 15) is 24.6 Å². The molecule has 0 radical (unpaired) electrons. The fraction of sp³-hybridized carbons (Fsp3) is 0.333. The average Bonchev–Trinajstić information content (AvgIpc) is 3.16. The summed E-state index contributed by atoms with van der Waals surface area (Å²) in [6.45, 7) is -0.461. The van der Waals surface area contributed by atoms with E-state index in [-0.39, 0.29) is 22.9 Å². The third kappa shape index (κ3) is 2.84. The number of β-lactam (4-membered cyclic amide) rings is 1. The summed E-state index contributed by atoms with van der Waals surface area (Å²) >= 11 is 1.26. The van der Waals surface area contributed by atoms with Crippen molar-refractivity contribution in [3.63, 3.8) is 0 Å². The summed E-state index contributed by atoms with van der Waals surface area (Å²) in [5.74, 6) is -2.17. The van der Waals surface area contributed by atoms with E-state index in [0.29, 0.717) is 0 Å². The molecular weight excluding hydrogens is 366 g/mol. The summed E-state index contributed by atoms with van der Waals surface area (Å²) in [5, 5.41) is 21.6. The number of carboxylic acids is 1. The smallest absolute Gasteiger partial charge is 0.352 e. The van der Waals surface area contributed by atoms with Crippen LogP contribution in [-0.4, -0.2) is 70.0 Å². The Kier molecular flexibility index (Phi) is 5.00. The predicted octanol–water partition coefficient (Wildman–Crippen LogP) is -0.140. The first-order valence-corrected chi connectivity index (χ1v) is 8.50. The summed E-state index contributed by atoms with van der Waals surface area (Å²) in [7, 11) is 1.27. The lowest BCUT2D eigenvalue weighted by atomic mass is 10.0. The molecule has 0 spiro atoms. The van der Waals surface area contributed by atoms with Gasteiger partial charge in [-0.1, -0.05) is 5.16 Å². The molecule has 138 valence electrons. The fourth-order valence-electron chi connectivity index (χ4n) is 2.84. The zero-order valence-corrected chi connectivity index (χ0v) is 14.4. The normalized spacial score (nSPS) is 22.2. The van der Waals surface area contributed by atoms with Gasteiger partial charge in [-0.2, -0.15) is 0 Å². The van der Waals surface area contributed by atoms with Gasteiger partial charge in [0.15, 0.2) is 0 Å². The van der Waals surface area contributed by atoms with Gasteiger partial charge in [0.05, 0.1) is 12.9 Å². The van der Waals surface area contributed by atoms with E-state index in [1.54, 1.807) is 6.07 Å². The number of rotatable bonds is 6. The van der Waals surface area contributed by atoms with Crippen LogP contribution in [0.3, 0.4) is 0 Å². The number of anilines is 1. The highest BCUT2D eigenvalue weighted by Crippen LogP contribution is 2.43. The summed E-state index contributed by atoms with van der Waals surface area (Å²) in [6, 6.07) is 2.11. The largest absolute Gasteiger partial charge is 0.477 e. The van der Waals surface area contributed by atoms with Crippen molar-refractivity contribution in [2.75, 3.05) is 24.4 Å². The van der Waals surface area contributed by atoms with Crippen LogP contribution in [0.1, 0.15) is 0 Å². The molecule has 0 unspecified atom stereocenters. The molecule has 0 aliphatic carbocycles. The molecule has 2 N–H and O–H groups in total. The molecule has 11 heteroatoms. The molecule has 3 rings (SSSR count). The van der Waals surface area contributed by atoms with Gasteiger partial charge in [0, 0.05) is 11.8 Å². The maximum atomic E-state index is 12.7. The van der Waals surface area contributed by atoms with Crippen molar-refractivity contribution in [2.45, 2.75) is 11.4 Å². The quantitative estimate of drug-likeness (QED) is 0.395. The number of amides is 2. The summed E-state index contributed by atoms with van der Waals surface area (Å²) in [5.41, 5.74) is 0.0114. The Morgan fingerprint density at radius 2 is 2.35 bits per heavy atom. The Balaban J connectivity index is 1.95. The monoisotopic (exact) mass is 381 g/mol. The van der Waals surface area contributed by atoms with Gasteiger partial charge in [0.25, 0.3) is 11.8 Å². The zero-order chi connectivity index (χ0) is 18.8. The Bertz CT molecular complexity index is 789. The maximum absolute atomic E-state index is 12.7. The van der Waals surface area contributed by atoms with Crippen LogP contribution in [0.2, 0.25) is 0 Å². The van der Waals surface area contributed by atoms with Crippen molar-refractivity contribution in [3.05, 3.63) is 29.7 Å². The standard InChI is InChI=1S/C15H15N3O7S/c1-24-16-5-9(20)17(10-3-2-4-25-10)12-13(21)18-11(15(22)23)8(6-19)7-26-14(12)18/h2-5,12,14,19H,6-7H2,1H3,(H,22,23)/t12-,14-/m1/s1. The highest BCUT2D eigenvalue weighted by atomic mass is 32.2. The molecule has 2 aliphatic heterocycles. The van der Waals surface area contributed by atoms with Gasteiger partial charge in [-0.3, -0.25) is 19.4 Å². The predicted molar refractivity (Wildman–Crippen MR) is 90.3 cm³/mol. The second kappa shape index (κ2) is 7.22. The summed E-state index contributed by atoms with van der Waals surface area (Å²) < 4.78 is 5.25. The number of oxime groups is 1. The first-order chi connectivity index (χ1) is 12.5. The van der Waals surface area contributed by atoms with E-state index in [0.717, 1.165) is 16.0 Å². The van der Waals surface area contributed by atoms with Crippen molar-refractivity contribution in [1.82, 2.24) is 4.90 Å². The maximum Gasteiger partial charge on any atom is 0.352 e. The Hall–Kier alpha value is -2.79. The highest BCUT2D eigenvalue weighted by molar-refractivity contribution is 8.00. The topological polar surface area (TPSA) is 133 Å². The molecule has 0 saturated carbocycles. The minimum Gasteiger partial charge on any atom is -0.477 e. The zero-order valence-electron chi connectivity index (χ0n) is 13.6. The van der Waals surface area contributed by atoms with Gasteiger partial charge in [-0.15, -0.1) is 11.8 Å². The SMILES string of the molecule is CON=CC(=O)N(c1ccco1)[C@@H]1C(=O)N2C(C(=O)O)=C(CO)CS[C@H]12. The number of aliphatic carboxylic acids is 1. The van der Waals surface area contributed by atoms with Crippen LogP contribution in [0.5, 0.6) is 0 Å². The number of hydrogen-bond acceptors (Lipinski definition) is 8. The molecule has 10 nitrogen and oxygen atoms in total. The average molecular weight is 381 g/mol. The molecule has 0 aromatic carbocycles. The lowest BCUT2D eigenvalue weighted by molar-refractivity contribution is -0.148. The Labute approximate surface area is 151 Å². The molecule has 1 fully saturated rings. The minimum absolute atomic E-state index is 0.130. The third-order valence-electron chi connectivity index (χ3n) is 3.94. The molecule has 3 heterocycles. The van der Waals surface area contributed by atoms with Crippen molar-refractivity contribution < 1.29 is 33.9 Å². The van der Waals surface area contributed by atoms with Crippen LogP contribution in [0.15, 0.2) is 39.2 Å². The number of furan rings is 1. The number of carbonyl (C=O) groups excluding carboxylic acids is 2. The van der Waals surface area contributed by atoms with Gasteiger partial charge in [0.1, 0.15) is 30.4 Å². The van der Waals surface area contributed by atoms with Crippen LogP contribution in [0.25, 0.3) is 0 Å². The van der Waals surface area contributed by atoms with Crippen LogP contribution in [-0.2, 0) is 19.2 Å². The third-order valence-corrected chi connectivity index (χ3v) is 5.27. The number of carbonyl (C=O) groups is 3. The molecule has 2 amide bonds. The first-order valence-electron chi connectivity index (χ1n) is 7.45. The fourth-order valence-corrected chi connectivity index (χ4v) is 4.22. The van der Waals surface area contributed by atoms with Gasteiger partial charge >= 0.3 is 5.97 Å². The summed E-state index contributed by atoms with van der Waals surface area (Å²) in [6.07, 6.45) is 2.25. The molecular formula is C15H15N3O7S. The molecule has 0 bridgehead atoms. The number of aliphatic hydroxyl groups excluding tert-OH is 1. The number of hydrogen-bond donors (Lipinski definition) is 2. The van der Waals surface area contributed by atoms with Gasteiger partial charge in [0.2, 0.25) is 5.88 Å². The van der Waals surface area contributed by atoms with E-state index in [1.165, 1.54) is 31.2 Å². The molecule has 2 aliphatic rings. The second-order valence-electron chi connectivity index (χ2n) is 5.35. The van der Waals surface area contributed by atoms with Crippen molar-refractivity contribution >= 4 is 41.6 Å².